The Hall–Kier alpha value is -2.70. The maximum Gasteiger partial charge on any atom is 0.272 e. The van der Waals surface area contributed by atoms with Crippen molar-refractivity contribution in [1.29, 1.82) is 0 Å². The number of halogens is 1. The molecule has 6 nitrogen and oxygen atoms in total. The van der Waals surface area contributed by atoms with Crippen molar-refractivity contribution in [3.05, 3.63) is 48.3 Å². The van der Waals surface area contributed by atoms with Crippen LogP contribution in [0.5, 0.6) is 0 Å². The minimum absolute atomic E-state index is 0.0217. The van der Waals surface area contributed by atoms with E-state index in [1.807, 2.05) is 0 Å². The first-order valence-electron chi connectivity index (χ1n) is 7.39. The van der Waals surface area contributed by atoms with E-state index in [1.165, 1.54) is 31.6 Å². The topological polar surface area (TPSA) is 58.4 Å². The molecule has 0 radical (unpaired) electrons. The van der Waals surface area contributed by atoms with Crippen LogP contribution >= 0.6 is 0 Å². The highest BCUT2D eigenvalue weighted by Gasteiger charge is 2.25. The normalized spacial score (nSPS) is 14.9. The van der Waals surface area contributed by atoms with Gasteiger partial charge >= 0.3 is 0 Å². The molecule has 7 heteroatoms. The number of hydrogen-bond donors (Lipinski definition) is 0. The molecule has 1 aliphatic heterocycles. The quantitative estimate of drug-likeness (QED) is 0.839. The van der Waals surface area contributed by atoms with E-state index in [-0.39, 0.29) is 17.6 Å². The van der Waals surface area contributed by atoms with Gasteiger partial charge in [0.25, 0.3) is 5.91 Å². The summed E-state index contributed by atoms with van der Waals surface area (Å²) >= 11 is 0. The number of carbonyl (C=O) groups is 2. The maximum atomic E-state index is 13.0. The molecule has 0 bridgehead atoms. The number of rotatable bonds is 2. The Labute approximate surface area is 133 Å². The van der Waals surface area contributed by atoms with Crippen LogP contribution in [0.15, 0.2) is 36.8 Å². The van der Waals surface area contributed by atoms with Crippen LogP contribution in [0.4, 0.5) is 4.39 Å². The number of nitrogens with zero attached hydrogens (tertiary/aromatic N) is 4. The van der Waals surface area contributed by atoms with Crippen molar-refractivity contribution >= 4 is 11.8 Å². The van der Waals surface area contributed by atoms with Gasteiger partial charge in [0.1, 0.15) is 11.5 Å². The molecule has 120 valence electrons. The zero-order valence-corrected chi connectivity index (χ0v) is 12.8. The SMILES string of the molecule is CC(=O)N1CCN(C(=O)c2cncn2-c2ccc(F)cc2)CC1. The predicted molar refractivity (Wildman–Crippen MR) is 81.7 cm³/mol. The average molecular weight is 316 g/mol. The van der Waals surface area contributed by atoms with E-state index < -0.39 is 0 Å². The first kappa shape index (κ1) is 15.2. The smallest absolute Gasteiger partial charge is 0.272 e. The Bertz CT molecular complexity index is 718. The minimum atomic E-state index is -0.331. The third-order valence-corrected chi connectivity index (χ3v) is 3.97. The van der Waals surface area contributed by atoms with Gasteiger partial charge < -0.3 is 9.80 Å². The highest BCUT2D eigenvalue weighted by atomic mass is 19.1. The van der Waals surface area contributed by atoms with Gasteiger partial charge in [-0.2, -0.15) is 0 Å². The van der Waals surface area contributed by atoms with Crippen LogP contribution in [0.3, 0.4) is 0 Å². The average Bonchev–Trinajstić information content (AvgIpc) is 3.04. The second-order valence-corrected chi connectivity index (χ2v) is 5.42. The lowest BCUT2D eigenvalue weighted by Crippen LogP contribution is -2.50. The van der Waals surface area contributed by atoms with Gasteiger partial charge in [0, 0.05) is 38.8 Å². The minimum Gasteiger partial charge on any atom is -0.339 e. The fourth-order valence-electron chi connectivity index (χ4n) is 2.65. The van der Waals surface area contributed by atoms with Gasteiger partial charge in [-0.3, -0.25) is 14.2 Å². The van der Waals surface area contributed by atoms with Gasteiger partial charge in [-0.25, -0.2) is 9.37 Å². The summed E-state index contributed by atoms with van der Waals surface area (Å²) < 4.78 is 14.7. The largest absolute Gasteiger partial charge is 0.339 e. The van der Waals surface area contributed by atoms with Gasteiger partial charge in [0.15, 0.2) is 0 Å². The zero-order chi connectivity index (χ0) is 16.4. The summed E-state index contributed by atoms with van der Waals surface area (Å²) in [5.41, 5.74) is 1.10. The van der Waals surface area contributed by atoms with Gasteiger partial charge in [-0.1, -0.05) is 0 Å². The van der Waals surface area contributed by atoms with Crippen LogP contribution < -0.4 is 0 Å². The second kappa shape index (κ2) is 6.20. The molecule has 0 N–H and O–H groups in total. The van der Waals surface area contributed by atoms with Gasteiger partial charge in [-0.15, -0.1) is 0 Å². The summed E-state index contributed by atoms with van der Waals surface area (Å²) in [4.78, 5) is 31.5. The highest BCUT2D eigenvalue weighted by molar-refractivity contribution is 5.93. The van der Waals surface area contributed by atoms with Crippen LogP contribution in [-0.4, -0.2) is 57.3 Å². The Morgan fingerprint density at radius 3 is 2.26 bits per heavy atom. The van der Waals surface area contributed by atoms with Crippen molar-refractivity contribution < 1.29 is 14.0 Å². The van der Waals surface area contributed by atoms with Crippen LogP contribution in [0.1, 0.15) is 17.4 Å². The molecule has 0 spiro atoms. The van der Waals surface area contributed by atoms with E-state index in [1.54, 1.807) is 26.5 Å². The monoisotopic (exact) mass is 316 g/mol. The molecule has 3 rings (SSSR count). The van der Waals surface area contributed by atoms with E-state index in [0.29, 0.717) is 37.6 Å². The van der Waals surface area contributed by atoms with E-state index >= 15 is 0 Å². The second-order valence-electron chi connectivity index (χ2n) is 5.42. The number of piperazine rings is 1. The first-order valence-corrected chi connectivity index (χ1v) is 7.39. The Balaban J connectivity index is 1.78. The summed E-state index contributed by atoms with van der Waals surface area (Å²) in [6.45, 7) is 3.58. The third-order valence-electron chi connectivity index (χ3n) is 3.97. The molecule has 1 aromatic carbocycles. The first-order chi connectivity index (χ1) is 11.1. The van der Waals surface area contributed by atoms with Gasteiger partial charge in [0.05, 0.1) is 12.5 Å². The lowest BCUT2D eigenvalue weighted by Gasteiger charge is -2.34. The Morgan fingerprint density at radius 2 is 1.65 bits per heavy atom. The number of benzene rings is 1. The molecular formula is C16H17FN4O2. The highest BCUT2D eigenvalue weighted by Crippen LogP contribution is 2.15. The van der Waals surface area contributed by atoms with Crippen molar-refractivity contribution in [3.8, 4) is 5.69 Å². The van der Waals surface area contributed by atoms with Crippen LogP contribution in [0.2, 0.25) is 0 Å². The Kier molecular flexibility index (Phi) is 4.10. The fraction of sp³-hybridized carbons (Fsp3) is 0.312. The number of imidazole rings is 1. The van der Waals surface area contributed by atoms with Crippen molar-refractivity contribution in [1.82, 2.24) is 19.4 Å². The molecule has 1 fully saturated rings. The van der Waals surface area contributed by atoms with Crippen molar-refractivity contribution in [2.75, 3.05) is 26.2 Å². The molecule has 1 aliphatic rings. The van der Waals surface area contributed by atoms with Crippen LogP contribution in [0.25, 0.3) is 5.69 Å². The summed E-state index contributed by atoms with van der Waals surface area (Å²) in [7, 11) is 0. The van der Waals surface area contributed by atoms with Gasteiger partial charge in [-0.05, 0) is 24.3 Å². The summed E-state index contributed by atoms with van der Waals surface area (Å²) in [6, 6.07) is 5.88. The molecular weight excluding hydrogens is 299 g/mol. The number of carbonyl (C=O) groups excluding carboxylic acids is 2. The predicted octanol–water partition coefficient (Wildman–Crippen LogP) is 1.32. The standard InChI is InChI=1S/C16H17FN4O2/c1-12(22)19-6-8-20(9-7-19)16(23)15-10-18-11-21(15)14-4-2-13(17)3-5-14/h2-5,10-11H,6-9H2,1H3. The van der Waals surface area contributed by atoms with E-state index in [9.17, 15) is 14.0 Å². The molecule has 1 saturated heterocycles. The summed E-state index contributed by atoms with van der Waals surface area (Å²) in [6.07, 6.45) is 3.04. The molecule has 0 aliphatic carbocycles. The van der Waals surface area contributed by atoms with Crippen molar-refractivity contribution in [2.45, 2.75) is 6.92 Å². The third kappa shape index (κ3) is 3.08. The maximum absolute atomic E-state index is 13.0. The van der Waals surface area contributed by atoms with Crippen LogP contribution in [0, 0.1) is 5.82 Å². The molecule has 0 saturated carbocycles. The zero-order valence-electron chi connectivity index (χ0n) is 12.8. The Morgan fingerprint density at radius 1 is 1.04 bits per heavy atom. The molecule has 1 aromatic heterocycles. The molecule has 0 atom stereocenters. The summed E-state index contributed by atoms with van der Waals surface area (Å²) in [5, 5.41) is 0. The van der Waals surface area contributed by atoms with E-state index in [0.717, 1.165) is 0 Å². The van der Waals surface area contributed by atoms with Crippen LogP contribution in [-0.2, 0) is 4.79 Å². The van der Waals surface area contributed by atoms with E-state index in [2.05, 4.69) is 4.98 Å². The molecule has 23 heavy (non-hydrogen) atoms. The van der Waals surface area contributed by atoms with Gasteiger partial charge in [0.2, 0.25) is 5.91 Å². The number of hydrogen-bond acceptors (Lipinski definition) is 3. The fourth-order valence-corrected chi connectivity index (χ4v) is 2.65. The number of amides is 2. The number of aromatic nitrogens is 2. The summed E-state index contributed by atoms with van der Waals surface area (Å²) in [5.74, 6) is -0.453. The lowest BCUT2D eigenvalue weighted by atomic mass is 10.2. The van der Waals surface area contributed by atoms with Crippen molar-refractivity contribution in [2.24, 2.45) is 0 Å². The molecule has 0 unspecified atom stereocenters. The van der Waals surface area contributed by atoms with E-state index in [4.69, 9.17) is 0 Å². The lowest BCUT2D eigenvalue weighted by molar-refractivity contribution is -0.130. The molecule has 2 aromatic rings. The molecule has 2 heterocycles. The molecule has 2 amide bonds. The van der Waals surface area contributed by atoms with Crippen molar-refractivity contribution in [3.63, 3.8) is 0 Å².